The van der Waals surface area contributed by atoms with E-state index in [4.69, 9.17) is 4.74 Å². The third kappa shape index (κ3) is 4.40. The van der Waals surface area contributed by atoms with Crippen LogP contribution in [0.25, 0.3) is 0 Å². The molecule has 8 heteroatoms. The molecule has 5 nitrogen and oxygen atoms in total. The third-order valence-electron chi connectivity index (χ3n) is 5.24. The van der Waals surface area contributed by atoms with Crippen LogP contribution < -0.4 is 9.46 Å². The highest BCUT2D eigenvalue weighted by Crippen LogP contribution is 2.44. The SMILES string of the molecule is CCOc1ccc(S(=O)(=O)NCC2(c3ccc([C@@H](C)O)s3)CCCC2)cc1F. The van der Waals surface area contributed by atoms with Crippen LogP contribution in [0.1, 0.15) is 55.4 Å². The highest BCUT2D eigenvalue weighted by molar-refractivity contribution is 7.89. The Kier molecular flexibility index (Phi) is 6.44. The summed E-state index contributed by atoms with van der Waals surface area (Å²) in [6, 6.07) is 7.58. The van der Waals surface area contributed by atoms with Gasteiger partial charge in [0.1, 0.15) is 0 Å². The maximum absolute atomic E-state index is 14.1. The fourth-order valence-corrected chi connectivity index (χ4v) is 5.99. The molecule has 2 N–H and O–H groups in total. The first-order chi connectivity index (χ1) is 13.3. The quantitative estimate of drug-likeness (QED) is 0.664. The van der Waals surface area contributed by atoms with Crippen LogP contribution in [0, 0.1) is 5.82 Å². The van der Waals surface area contributed by atoms with E-state index < -0.39 is 21.9 Å². The first-order valence-electron chi connectivity index (χ1n) is 9.48. The predicted octanol–water partition coefficient (Wildman–Crippen LogP) is 4.13. The van der Waals surface area contributed by atoms with Crippen molar-refractivity contribution in [3.8, 4) is 5.75 Å². The molecule has 1 aromatic heterocycles. The number of hydrogen-bond acceptors (Lipinski definition) is 5. The molecular weight excluding hydrogens is 401 g/mol. The summed E-state index contributed by atoms with van der Waals surface area (Å²) in [6.07, 6.45) is 3.28. The van der Waals surface area contributed by atoms with Gasteiger partial charge in [0.05, 0.1) is 17.6 Å². The number of ether oxygens (including phenoxy) is 1. The first-order valence-corrected chi connectivity index (χ1v) is 11.8. The van der Waals surface area contributed by atoms with E-state index in [1.165, 1.54) is 23.5 Å². The number of aliphatic hydroxyl groups is 1. The molecule has 0 bridgehead atoms. The van der Waals surface area contributed by atoms with Gasteiger partial charge in [-0.15, -0.1) is 11.3 Å². The van der Waals surface area contributed by atoms with Gasteiger partial charge in [0.15, 0.2) is 11.6 Å². The fourth-order valence-electron chi connectivity index (χ4n) is 3.66. The Morgan fingerprint density at radius 2 is 2.00 bits per heavy atom. The van der Waals surface area contributed by atoms with Gasteiger partial charge in [0, 0.05) is 21.7 Å². The van der Waals surface area contributed by atoms with Gasteiger partial charge in [0.2, 0.25) is 10.0 Å². The van der Waals surface area contributed by atoms with Crippen molar-refractivity contribution in [3.05, 3.63) is 45.9 Å². The lowest BCUT2D eigenvalue weighted by molar-refractivity contribution is 0.203. The molecule has 1 saturated carbocycles. The number of aliphatic hydroxyl groups excluding tert-OH is 1. The summed E-state index contributed by atoms with van der Waals surface area (Å²) in [5.74, 6) is -0.655. The van der Waals surface area contributed by atoms with E-state index in [-0.39, 0.29) is 22.6 Å². The molecule has 0 spiro atoms. The van der Waals surface area contributed by atoms with Crippen molar-refractivity contribution in [2.75, 3.05) is 13.2 Å². The normalized spacial score (nSPS) is 17.6. The minimum absolute atomic E-state index is 0.0398. The van der Waals surface area contributed by atoms with E-state index in [2.05, 4.69) is 4.72 Å². The molecular formula is C20H26FNO4S2. The van der Waals surface area contributed by atoms with Crippen LogP contribution in [0.3, 0.4) is 0 Å². The van der Waals surface area contributed by atoms with E-state index in [0.717, 1.165) is 41.5 Å². The molecule has 0 saturated heterocycles. The third-order valence-corrected chi connectivity index (χ3v) is 8.14. The van der Waals surface area contributed by atoms with E-state index in [9.17, 15) is 17.9 Å². The number of benzene rings is 1. The van der Waals surface area contributed by atoms with Crippen molar-refractivity contribution in [2.45, 2.75) is 55.9 Å². The number of halogens is 1. The van der Waals surface area contributed by atoms with Gasteiger partial charge < -0.3 is 9.84 Å². The fraction of sp³-hybridized carbons (Fsp3) is 0.500. The largest absolute Gasteiger partial charge is 0.491 e. The minimum atomic E-state index is -3.85. The number of nitrogens with one attached hydrogen (secondary N) is 1. The highest BCUT2D eigenvalue weighted by Gasteiger charge is 2.38. The van der Waals surface area contributed by atoms with Crippen LogP contribution >= 0.6 is 11.3 Å². The lowest BCUT2D eigenvalue weighted by Crippen LogP contribution is -2.38. The summed E-state index contributed by atoms with van der Waals surface area (Å²) in [5.41, 5.74) is -0.283. The van der Waals surface area contributed by atoms with Gasteiger partial charge in [-0.05, 0) is 57.0 Å². The standard InChI is InChI=1S/C20H26FNO4S2/c1-3-26-17-7-6-15(12-16(17)21)28(24,25)22-13-20(10-4-5-11-20)19-9-8-18(27-19)14(2)23/h6-9,12,14,22-23H,3-5,10-11,13H2,1-2H3/t14-/m1/s1. The average molecular weight is 428 g/mol. The molecule has 1 aromatic carbocycles. The molecule has 1 aliphatic carbocycles. The zero-order valence-corrected chi connectivity index (χ0v) is 17.7. The van der Waals surface area contributed by atoms with Crippen molar-refractivity contribution >= 4 is 21.4 Å². The molecule has 0 radical (unpaired) electrons. The molecule has 28 heavy (non-hydrogen) atoms. The van der Waals surface area contributed by atoms with Crippen molar-refractivity contribution in [3.63, 3.8) is 0 Å². The first kappa shape index (κ1) is 21.2. The van der Waals surface area contributed by atoms with Gasteiger partial charge in [-0.3, -0.25) is 0 Å². The molecule has 0 unspecified atom stereocenters. The topological polar surface area (TPSA) is 75.6 Å². The van der Waals surface area contributed by atoms with Gasteiger partial charge >= 0.3 is 0 Å². The van der Waals surface area contributed by atoms with Crippen LogP contribution in [0.4, 0.5) is 4.39 Å². The van der Waals surface area contributed by atoms with Gasteiger partial charge in [-0.25, -0.2) is 17.5 Å². The number of thiophene rings is 1. The second kappa shape index (κ2) is 8.49. The lowest BCUT2D eigenvalue weighted by atomic mass is 9.85. The summed E-state index contributed by atoms with van der Waals surface area (Å²) in [7, 11) is -3.85. The lowest BCUT2D eigenvalue weighted by Gasteiger charge is -2.28. The van der Waals surface area contributed by atoms with Crippen molar-refractivity contribution in [1.82, 2.24) is 4.72 Å². The zero-order chi connectivity index (χ0) is 20.4. The van der Waals surface area contributed by atoms with Gasteiger partial charge in [-0.1, -0.05) is 12.8 Å². The van der Waals surface area contributed by atoms with Crippen LogP contribution in [-0.4, -0.2) is 26.7 Å². The summed E-state index contributed by atoms with van der Waals surface area (Å²) in [5, 5.41) is 9.81. The minimum Gasteiger partial charge on any atom is -0.491 e. The Labute approximate surface area is 169 Å². The number of rotatable bonds is 8. The summed E-state index contributed by atoms with van der Waals surface area (Å²) in [4.78, 5) is 1.84. The van der Waals surface area contributed by atoms with Crippen LogP contribution in [-0.2, 0) is 15.4 Å². The summed E-state index contributed by atoms with van der Waals surface area (Å²) < 4.78 is 47.4. The van der Waals surface area contributed by atoms with Crippen molar-refractivity contribution in [1.29, 1.82) is 0 Å². The molecule has 0 aliphatic heterocycles. The number of hydrogen-bond donors (Lipinski definition) is 2. The van der Waals surface area contributed by atoms with E-state index in [1.54, 1.807) is 13.8 Å². The van der Waals surface area contributed by atoms with Crippen molar-refractivity contribution in [2.24, 2.45) is 0 Å². The van der Waals surface area contributed by atoms with Crippen LogP contribution in [0.2, 0.25) is 0 Å². The molecule has 0 amide bonds. The highest BCUT2D eigenvalue weighted by atomic mass is 32.2. The van der Waals surface area contributed by atoms with E-state index in [1.807, 2.05) is 12.1 Å². The Bertz CT molecular complexity index is 918. The molecule has 1 aliphatic rings. The monoisotopic (exact) mass is 427 g/mol. The summed E-state index contributed by atoms with van der Waals surface area (Å²) in [6.45, 7) is 4.02. The second-order valence-corrected chi connectivity index (χ2v) is 10.1. The molecule has 3 rings (SSSR count). The van der Waals surface area contributed by atoms with Gasteiger partial charge in [0.25, 0.3) is 0 Å². The maximum Gasteiger partial charge on any atom is 0.240 e. The average Bonchev–Trinajstić information content (AvgIpc) is 3.32. The molecule has 1 fully saturated rings. The predicted molar refractivity (Wildman–Crippen MR) is 108 cm³/mol. The number of sulfonamides is 1. The van der Waals surface area contributed by atoms with Crippen molar-refractivity contribution < 1.29 is 22.7 Å². The molecule has 2 aromatic rings. The molecule has 1 atom stereocenters. The van der Waals surface area contributed by atoms with E-state index in [0.29, 0.717) is 6.61 Å². The van der Waals surface area contributed by atoms with Gasteiger partial charge in [-0.2, -0.15) is 0 Å². The molecule has 1 heterocycles. The van der Waals surface area contributed by atoms with E-state index >= 15 is 0 Å². The molecule has 154 valence electrons. The Balaban J connectivity index is 1.80. The Morgan fingerprint density at radius 3 is 2.57 bits per heavy atom. The maximum atomic E-state index is 14.1. The van der Waals surface area contributed by atoms with Crippen LogP contribution in [0.15, 0.2) is 35.2 Å². The Hall–Kier alpha value is -1.48. The van der Waals surface area contributed by atoms with Crippen LogP contribution in [0.5, 0.6) is 5.75 Å². The second-order valence-electron chi connectivity index (χ2n) is 7.22. The summed E-state index contributed by atoms with van der Waals surface area (Å²) >= 11 is 1.53. The zero-order valence-electron chi connectivity index (χ0n) is 16.1. The Morgan fingerprint density at radius 1 is 1.29 bits per heavy atom. The smallest absolute Gasteiger partial charge is 0.240 e.